The van der Waals surface area contributed by atoms with E-state index >= 15 is 0 Å². The first-order chi connectivity index (χ1) is 15.9. The summed E-state index contributed by atoms with van der Waals surface area (Å²) in [4.78, 5) is 3.76. The van der Waals surface area contributed by atoms with Crippen molar-refractivity contribution >= 4 is 11.4 Å². The summed E-state index contributed by atoms with van der Waals surface area (Å²) in [5.41, 5.74) is -4.54. The zero-order valence-corrected chi connectivity index (χ0v) is 19.5. The van der Waals surface area contributed by atoms with E-state index in [2.05, 4.69) is 4.98 Å². The highest BCUT2D eigenvalue weighted by Gasteiger charge is 2.66. The Morgan fingerprint density at radius 2 is 1.71 bits per heavy atom. The Morgan fingerprint density at radius 1 is 1.14 bits per heavy atom. The Bertz CT molecular complexity index is 1090. The van der Waals surface area contributed by atoms with Crippen molar-refractivity contribution in [2.24, 2.45) is 5.73 Å². The SMILES string of the molecule is CC(C)(C)[S+]([O-])NC1(C(F)(F)F)COc2c1cc(C(O)(CN)C(F)(F)F)nc2-c1ccc(F)cc1. The molecular weight excluding hydrogens is 507 g/mol. The first kappa shape index (κ1) is 27.5. The molecule has 0 radical (unpaired) electrons. The standard InChI is InChI=1S/C21H22F7N3O3S/c1-17(2,3)35(33)31-18(20(23,24)25)10-34-16-13(18)8-14(19(32,9-29)21(26,27)28)30-15(16)11-4-6-12(22)7-5-11/h4-8,31-32H,9-10,29H2,1-3H3. The number of rotatable bonds is 5. The lowest BCUT2D eigenvalue weighted by Gasteiger charge is -2.35. The van der Waals surface area contributed by atoms with Crippen molar-refractivity contribution in [3.63, 3.8) is 0 Å². The highest BCUT2D eigenvalue weighted by molar-refractivity contribution is 7.90. The average molecular weight is 529 g/mol. The van der Waals surface area contributed by atoms with E-state index in [1.165, 1.54) is 20.8 Å². The molecular formula is C21H22F7N3O3S. The van der Waals surface area contributed by atoms with Crippen molar-refractivity contribution in [2.45, 2.75) is 49.0 Å². The number of halogens is 7. The van der Waals surface area contributed by atoms with E-state index in [4.69, 9.17) is 10.5 Å². The van der Waals surface area contributed by atoms with E-state index in [0.717, 1.165) is 24.3 Å². The number of benzene rings is 1. The molecule has 0 spiro atoms. The summed E-state index contributed by atoms with van der Waals surface area (Å²) in [5, 5.41) is 10.4. The van der Waals surface area contributed by atoms with Crippen molar-refractivity contribution in [2.75, 3.05) is 13.2 Å². The number of aliphatic hydroxyl groups is 1. The minimum absolute atomic E-state index is 0.0824. The molecule has 1 aromatic heterocycles. The molecule has 35 heavy (non-hydrogen) atoms. The number of fused-ring (bicyclic) bond motifs is 1. The minimum Gasteiger partial charge on any atom is -0.598 e. The summed E-state index contributed by atoms with van der Waals surface area (Å²) < 4.78 is 117. The summed E-state index contributed by atoms with van der Waals surface area (Å²) in [5.74, 6) is -1.28. The largest absolute Gasteiger partial charge is 0.598 e. The second-order valence-corrected chi connectivity index (χ2v) is 10.9. The third-order valence-corrected chi connectivity index (χ3v) is 7.12. The van der Waals surface area contributed by atoms with Gasteiger partial charge >= 0.3 is 12.4 Å². The first-order valence-electron chi connectivity index (χ1n) is 10.1. The highest BCUT2D eigenvalue weighted by Crippen LogP contribution is 2.52. The molecule has 0 fully saturated rings. The van der Waals surface area contributed by atoms with Crippen LogP contribution in [0.4, 0.5) is 30.7 Å². The van der Waals surface area contributed by atoms with Crippen LogP contribution in [0.5, 0.6) is 5.75 Å². The van der Waals surface area contributed by atoms with E-state index in [1.807, 2.05) is 4.72 Å². The molecule has 3 unspecified atom stereocenters. The van der Waals surface area contributed by atoms with E-state index in [0.29, 0.717) is 6.07 Å². The maximum atomic E-state index is 14.5. The van der Waals surface area contributed by atoms with Crippen LogP contribution in [0, 0.1) is 5.82 Å². The first-order valence-corrected chi connectivity index (χ1v) is 11.2. The Labute approximate surface area is 199 Å². The number of hydrogen-bond acceptors (Lipinski definition) is 6. The van der Waals surface area contributed by atoms with Gasteiger partial charge in [-0.25, -0.2) is 9.37 Å². The topological polar surface area (TPSA) is 103 Å². The van der Waals surface area contributed by atoms with E-state index in [1.54, 1.807) is 0 Å². The number of nitrogens with zero attached hydrogens (tertiary/aromatic N) is 1. The molecule has 3 atom stereocenters. The summed E-state index contributed by atoms with van der Waals surface area (Å²) in [6.45, 7) is 1.56. The number of ether oxygens (including phenoxy) is 1. The second kappa shape index (κ2) is 8.76. The summed E-state index contributed by atoms with van der Waals surface area (Å²) in [7, 11) is 0. The Hall–Kier alpha value is -2.13. The predicted octanol–water partition coefficient (Wildman–Crippen LogP) is 3.80. The van der Waals surface area contributed by atoms with Crippen LogP contribution >= 0.6 is 0 Å². The Morgan fingerprint density at radius 3 is 2.17 bits per heavy atom. The fraction of sp³-hybridized carbons (Fsp3) is 0.476. The van der Waals surface area contributed by atoms with Gasteiger partial charge in [-0.05, 0) is 51.1 Å². The van der Waals surface area contributed by atoms with Gasteiger partial charge in [-0.3, -0.25) is 0 Å². The quantitative estimate of drug-likeness (QED) is 0.402. The predicted molar refractivity (Wildman–Crippen MR) is 113 cm³/mol. The number of hydrogen-bond donors (Lipinski definition) is 3. The monoisotopic (exact) mass is 529 g/mol. The van der Waals surface area contributed by atoms with Crippen LogP contribution < -0.4 is 15.2 Å². The van der Waals surface area contributed by atoms with Crippen molar-refractivity contribution in [1.82, 2.24) is 9.71 Å². The number of pyridine rings is 1. The van der Waals surface area contributed by atoms with E-state index in [9.17, 15) is 40.4 Å². The molecule has 0 amide bonds. The molecule has 4 N–H and O–H groups in total. The normalized spacial score (nSPS) is 21.3. The summed E-state index contributed by atoms with van der Waals surface area (Å²) in [6.07, 6.45) is -10.6. The lowest BCUT2D eigenvalue weighted by atomic mass is 9.88. The third-order valence-electron chi connectivity index (χ3n) is 5.48. The van der Waals surface area contributed by atoms with Gasteiger partial charge in [0.05, 0.1) is 5.69 Å². The van der Waals surface area contributed by atoms with Crippen LogP contribution in [0.15, 0.2) is 30.3 Å². The third kappa shape index (κ3) is 4.69. The van der Waals surface area contributed by atoms with Crippen LogP contribution in [-0.2, 0) is 22.5 Å². The van der Waals surface area contributed by atoms with Gasteiger partial charge in [-0.1, -0.05) is 0 Å². The van der Waals surface area contributed by atoms with Crippen molar-refractivity contribution < 1.29 is 45.1 Å². The fourth-order valence-electron chi connectivity index (χ4n) is 3.32. The van der Waals surface area contributed by atoms with Crippen molar-refractivity contribution in [3.05, 3.63) is 47.4 Å². The zero-order chi connectivity index (χ0) is 26.6. The van der Waals surface area contributed by atoms with Crippen LogP contribution in [0.2, 0.25) is 0 Å². The molecule has 2 aromatic rings. The number of alkyl halides is 6. The van der Waals surface area contributed by atoms with Crippen LogP contribution in [0.25, 0.3) is 11.3 Å². The van der Waals surface area contributed by atoms with Gasteiger partial charge in [0.25, 0.3) is 0 Å². The molecule has 194 valence electrons. The highest BCUT2D eigenvalue weighted by atomic mass is 32.2. The molecule has 0 saturated carbocycles. The van der Waals surface area contributed by atoms with Gasteiger partial charge in [0.2, 0.25) is 11.1 Å². The smallest absolute Gasteiger partial charge is 0.424 e. The van der Waals surface area contributed by atoms with Gasteiger partial charge < -0.3 is 20.1 Å². The van der Waals surface area contributed by atoms with Gasteiger partial charge in [0.15, 0.2) is 5.75 Å². The number of nitrogens with two attached hydrogens (primary N) is 1. The molecule has 0 aliphatic carbocycles. The van der Waals surface area contributed by atoms with Gasteiger partial charge in [0, 0.05) is 29.0 Å². The maximum absolute atomic E-state index is 14.5. The molecule has 3 rings (SSSR count). The molecule has 6 nitrogen and oxygen atoms in total. The lowest BCUT2D eigenvalue weighted by Crippen LogP contribution is -2.60. The summed E-state index contributed by atoms with van der Waals surface area (Å²) >= 11 is -2.35. The maximum Gasteiger partial charge on any atom is 0.424 e. The molecule has 1 aliphatic heterocycles. The molecule has 0 bridgehead atoms. The summed E-state index contributed by atoms with van der Waals surface area (Å²) in [6, 6.07) is 4.40. The Kier molecular flexibility index (Phi) is 6.87. The van der Waals surface area contributed by atoms with Crippen LogP contribution in [-0.4, -0.2) is 44.9 Å². The second-order valence-electron chi connectivity index (χ2n) is 8.98. The molecule has 1 aromatic carbocycles. The minimum atomic E-state index is -5.41. The molecule has 0 saturated heterocycles. The number of aromatic nitrogens is 1. The molecule has 14 heteroatoms. The number of nitrogens with one attached hydrogen (secondary N) is 1. The average Bonchev–Trinajstić information content (AvgIpc) is 3.11. The van der Waals surface area contributed by atoms with Gasteiger partial charge in [-0.15, -0.1) is 4.72 Å². The molecule has 2 heterocycles. The van der Waals surface area contributed by atoms with Crippen molar-refractivity contribution in [1.29, 1.82) is 0 Å². The van der Waals surface area contributed by atoms with E-state index in [-0.39, 0.29) is 5.56 Å². The van der Waals surface area contributed by atoms with Gasteiger partial charge in [-0.2, -0.15) is 26.3 Å². The van der Waals surface area contributed by atoms with Gasteiger partial charge in [0.1, 0.15) is 22.9 Å². The van der Waals surface area contributed by atoms with Crippen LogP contribution in [0.1, 0.15) is 32.0 Å². The molecule has 1 aliphatic rings. The van der Waals surface area contributed by atoms with Crippen molar-refractivity contribution in [3.8, 4) is 17.0 Å². The zero-order valence-electron chi connectivity index (χ0n) is 18.6. The lowest BCUT2D eigenvalue weighted by molar-refractivity contribution is -0.263. The van der Waals surface area contributed by atoms with E-state index < -0.39 is 81.3 Å². The Balaban J connectivity index is 2.38. The fourth-order valence-corrected chi connectivity index (χ4v) is 4.23. The van der Waals surface area contributed by atoms with Crippen LogP contribution in [0.3, 0.4) is 0 Å².